The van der Waals surface area contributed by atoms with Crippen molar-refractivity contribution < 1.29 is 4.39 Å². The van der Waals surface area contributed by atoms with Gasteiger partial charge < -0.3 is 4.57 Å². The Balaban J connectivity index is 2.03. The Kier molecular flexibility index (Phi) is 2.19. The third kappa shape index (κ3) is 1.45. The second-order valence-electron chi connectivity index (χ2n) is 5.88. The van der Waals surface area contributed by atoms with Crippen molar-refractivity contribution in [1.82, 2.24) is 9.47 Å². The maximum absolute atomic E-state index is 13.9. The fourth-order valence-corrected chi connectivity index (χ4v) is 3.66. The topological polar surface area (TPSA) is 8.17 Å². The normalized spacial score (nSPS) is 26.4. The molecular formula is C16H17FN2. The molecule has 19 heavy (non-hydrogen) atoms. The van der Waals surface area contributed by atoms with E-state index in [1.165, 1.54) is 11.1 Å². The Morgan fingerprint density at radius 3 is 2.89 bits per heavy atom. The highest BCUT2D eigenvalue weighted by Crippen LogP contribution is 2.38. The minimum atomic E-state index is -0.117. The fourth-order valence-electron chi connectivity index (χ4n) is 3.66. The van der Waals surface area contributed by atoms with Gasteiger partial charge in [-0.1, -0.05) is 13.0 Å². The average molecular weight is 256 g/mol. The molecule has 0 unspecified atom stereocenters. The molecule has 0 spiro atoms. The van der Waals surface area contributed by atoms with E-state index in [1.54, 1.807) is 6.07 Å². The maximum atomic E-state index is 13.9. The lowest BCUT2D eigenvalue weighted by molar-refractivity contribution is 0.234. The summed E-state index contributed by atoms with van der Waals surface area (Å²) in [7, 11) is 2.18. The van der Waals surface area contributed by atoms with Crippen LogP contribution < -0.4 is 0 Å². The molecule has 0 bridgehead atoms. The van der Waals surface area contributed by atoms with Crippen LogP contribution in [0.1, 0.15) is 12.5 Å². The molecule has 3 heteroatoms. The summed E-state index contributed by atoms with van der Waals surface area (Å²) in [5.41, 5.74) is 3.64. The molecule has 2 aliphatic rings. The first kappa shape index (κ1) is 11.2. The number of halogens is 1. The molecule has 3 heterocycles. The highest BCUT2D eigenvalue weighted by Gasteiger charge is 2.32. The maximum Gasteiger partial charge on any atom is 0.132 e. The number of hydrogen-bond donors (Lipinski definition) is 0. The predicted molar refractivity (Wildman–Crippen MR) is 75.5 cm³/mol. The van der Waals surface area contributed by atoms with Crippen molar-refractivity contribution in [2.45, 2.75) is 19.5 Å². The Labute approximate surface area is 112 Å². The molecule has 0 amide bonds. The molecule has 0 N–H and O–H groups in total. The standard InChI is InChI=1S/C16H17FN2/c1-10-7-13-11-3-4-14(17)12-5-6-19(16(11)12)9-15(13)18(2)8-10/h3-7,10,15H,8-9H2,1-2H3/t10-,15+/m1/s1. The summed E-state index contributed by atoms with van der Waals surface area (Å²) in [4.78, 5) is 2.41. The van der Waals surface area contributed by atoms with Crippen molar-refractivity contribution in [3.8, 4) is 0 Å². The van der Waals surface area contributed by atoms with Crippen molar-refractivity contribution >= 4 is 16.5 Å². The number of benzene rings is 1. The molecule has 2 atom stereocenters. The summed E-state index contributed by atoms with van der Waals surface area (Å²) in [5, 5.41) is 0.748. The Hall–Kier alpha value is -1.61. The second kappa shape index (κ2) is 3.70. The minimum Gasteiger partial charge on any atom is -0.345 e. The molecule has 0 saturated heterocycles. The van der Waals surface area contributed by atoms with Crippen LogP contribution in [0.3, 0.4) is 0 Å². The van der Waals surface area contributed by atoms with Crippen LogP contribution in [0.2, 0.25) is 0 Å². The van der Waals surface area contributed by atoms with Crippen molar-refractivity contribution in [3.63, 3.8) is 0 Å². The Bertz CT molecular complexity index is 698. The molecule has 0 radical (unpaired) electrons. The van der Waals surface area contributed by atoms with E-state index in [-0.39, 0.29) is 5.82 Å². The second-order valence-corrected chi connectivity index (χ2v) is 5.88. The van der Waals surface area contributed by atoms with Crippen LogP contribution >= 0.6 is 0 Å². The molecule has 0 aliphatic carbocycles. The van der Waals surface area contributed by atoms with Crippen LogP contribution in [0.15, 0.2) is 30.5 Å². The minimum absolute atomic E-state index is 0.117. The van der Waals surface area contributed by atoms with Gasteiger partial charge in [0.15, 0.2) is 0 Å². The first-order valence-corrected chi connectivity index (χ1v) is 6.85. The van der Waals surface area contributed by atoms with Crippen LogP contribution in [0, 0.1) is 11.7 Å². The zero-order chi connectivity index (χ0) is 13.1. The third-order valence-corrected chi connectivity index (χ3v) is 4.48. The van der Waals surface area contributed by atoms with Gasteiger partial charge in [-0.05, 0) is 36.7 Å². The van der Waals surface area contributed by atoms with Crippen LogP contribution in [0.5, 0.6) is 0 Å². The fraction of sp³-hybridized carbons (Fsp3) is 0.375. The first-order valence-electron chi connectivity index (χ1n) is 6.85. The highest BCUT2D eigenvalue weighted by atomic mass is 19.1. The van der Waals surface area contributed by atoms with Crippen LogP contribution in [0.4, 0.5) is 4.39 Å². The van der Waals surface area contributed by atoms with E-state index in [1.807, 2.05) is 18.3 Å². The Morgan fingerprint density at radius 2 is 2.05 bits per heavy atom. The number of hydrogen-bond acceptors (Lipinski definition) is 1. The van der Waals surface area contributed by atoms with E-state index in [2.05, 4.69) is 29.5 Å². The van der Waals surface area contributed by atoms with Crippen LogP contribution in [-0.2, 0) is 6.54 Å². The first-order chi connectivity index (χ1) is 9.15. The molecule has 2 nitrogen and oxygen atoms in total. The molecule has 4 rings (SSSR count). The number of likely N-dealkylation sites (N-methyl/N-ethyl adjacent to an activating group) is 1. The van der Waals surface area contributed by atoms with E-state index in [4.69, 9.17) is 0 Å². The van der Waals surface area contributed by atoms with Gasteiger partial charge in [-0.15, -0.1) is 0 Å². The quantitative estimate of drug-likeness (QED) is 0.703. The lowest BCUT2D eigenvalue weighted by Gasteiger charge is -2.39. The van der Waals surface area contributed by atoms with Crippen molar-refractivity contribution in [1.29, 1.82) is 0 Å². The van der Waals surface area contributed by atoms with E-state index < -0.39 is 0 Å². The number of rotatable bonds is 0. The average Bonchev–Trinajstić information content (AvgIpc) is 2.79. The summed E-state index contributed by atoms with van der Waals surface area (Å²) >= 11 is 0. The van der Waals surface area contributed by atoms with Gasteiger partial charge in [-0.3, -0.25) is 4.90 Å². The molecule has 0 fully saturated rings. The van der Waals surface area contributed by atoms with Crippen LogP contribution in [-0.4, -0.2) is 29.1 Å². The van der Waals surface area contributed by atoms with Gasteiger partial charge in [0.1, 0.15) is 5.82 Å². The monoisotopic (exact) mass is 256 g/mol. The molecule has 0 saturated carbocycles. The van der Waals surface area contributed by atoms with E-state index >= 15 is 0 Å². The molecule has 98 valence electrons. The lowest BCUT2D eigenvalue weighted by atomic mass is 9.86. The summed E-state index contributed by atoms with van der Waals surface area (Å²) in [6, 6.07) is 5.86. The van der Waals surface area contributed by atoms with Crippen molar-refractivity contribution in [2.24, 2.45) is 5.92 Å². The van der Waals surface area contributed by atoms with Gasteiger partial charge in [0, 0.05) is 30.2 Å². The molecule has 1 aromatic carbocycles. The number of aromatic nitrogens is 1. The number of nitrogens with zero attached hydrogens (tertiary/aromatic N) is 2. The summed E-state index contributed by atoms with van der Waals surface area (Å²) < 4.78 is 16.1. The summed E-state index contributed by atoms with van der Waals surface area (Å²) in [6.45, 7) is 4.26. The van der Waals surface area contributed by atoms with Crippen LogP contribution in [0.25, 0.3) is 16.5 Å². The SMILES string of the molecule is C[C@@H]1C=C2c3ccc(F)c4ccn(c34)C[C@@H]2N(C)C1. The number of fused-ring (bicyclic) bond motifs is 2. The highest BCUT2D eigenvalue weighted by molar-refractivity contribution is 5.95. The zero-order valence-corrected chi connectivity index (χ0v) is 11.2. The predicted octanol–water partition coefficient (Wildman–Crippen LogP) is 3.13. The van der Waals surface area contributed by atoms with Crippen molar-refractivity contribution in [2.75, 3.05) is 13.6 Å². The zero-order valence-electron chi connectivity index (χ0n) is 11.2. The van der Waals surface area contributed by atoms with Gasteiger partial charge in [0.05, 0.1) is 11.6 Å². The molecular weight excluding hydrogens is 239 g/mol. The van der Waals surface area contributed by atoms with Gasteiger partial charge in [0.2, 0.25) is 0 Å². The largest absolute Gasteiger partial charge is 0.345 e. The summed E-state index contributed by atoms with van der Waals surface area (Å²) in [6.07, 6.45) is 4.38. The smallest absolute Gasteiger partial charge is 0.132 e. The van der Waals surface area contributed by atoms with E-state index in [0.29, 0.717) is 12.0 Å². The van der Waals surface area contributed by atoms with Gasteiger partial charge in [0.25, 0.3) is 0 Å². The van der Waals surface area contributed by atoms with Crippen molar-refractivity contribution in [3.05, 3.63) is 41.9 Å². The van der Waals surface area contributed by atoms with E-state index in [0.717, 1.165) is 24.0 Å². The van der Waals surface area contributed by atoms with E-state index in [9.17, 15) is 4.39 Å². The molecule has 2 aromatic rings. The Morgan fingerprint density at radius 1 is 1.21 bits per heavy atom. The molecule has 2 aliphatic heterocycles. The van der Waals surface area contributed by atoms with Gasteiger partial charge >= 0.3 is 0 Å². The van der Waals surface area contributed by atoms with Gasteiger partial charge in [-0.25, -0.2) is 4.39 Å². The summed E-state index contributed by atoms with van der Waals surface area (Å²) in [5.74, 6) is 0.437. The molecule has 1 aromatic heterocycles. The lowest BCUT2D eigenvalue weighted by Crippen LogP contribution is -2.43. The third-order valence-electron chi connectivity index (χ3n) is 4.48. The van der Waals surface area contributed by atoms with Gasteiger partial charge in [-0.2, -0.15) is 0 Å².